The zero-order valence-electron chi connectivity index (χ0n) is 14.2. The molecule has 0 saturated carbocycles. The molecule has 1 aromatic carbocycles. The number of amides is 1. The van der Waals surface area contributed by atoms with Gasteiger partial charge >= 0.3 is 0 Å². The van der Waals surface area contributed by atoms with Gasteiger partial charge in [0.1, 0.15) is 5.82 Å². The number of benzene rings is 1. The predicted octanol–water partition coefficient (Wildman–Crippen LogP) is 2.86. The zero-order valence-corrected chi connectivity index (χ0v) is 15.0. The summed E-state index contributed by atoms with van der Waals surface area (Å²) in [7, 11) is 0. The van der Waals surface area contributed by atoms with Crippen LogP contribution in [-0.4, -0.2) is 37.1 Å². The van der Waals surface area contributed by atoms with Gasteiger partial charge in [0.25, 0.3) is 0 Å². The molecule has 7 heteroatoms. The smallest absolute Gasteiger partial charge is 0.229 e. The standard InChI is InChI=1S/C18H19N5OS/c1-12-18-20-17(14-6-4-3-5-7-14)21-23(18)9-8-22(12)16(24)10-15-11-25-13(2)19-15/h3-7,11-12H,8-10H2,1-2H3/t12-/m0/s1. The molecule has 1 atom stereocenters. The number of fused-ring (bicyclic) bond motifs is 1. The third-order valence-corrected chi connectivity index (χ3v) is 5.27. The summed E-state index contributed by atoms with van der Waals surface area (Å²) in [4.78, 5) is 23.7. The van der Waals surface area contributed by atoms with Gasteiger partial charge in [0.15, 0.2) is 5.82 Å². The first kappa shape index (κ1) is 16.0. The minimum absolute atomic E-state index is 0.0910. The lowest BCUT2D eigenvalue weighted by molar-refractivity contribution is -0.133. The second-order valence-corrected chi connectivity index (χ2v) is 7.24. The predicted molar refractivity (Wildman–Crippen MR) is 96.1 cm³/mol. The first-order chi connectivity index (χ1) is 12.1. The third kappa shape index (κ3) is 3.07. The molecule has 0 N–H and O–H groups in total. The molecule has 2 aromatic heterocycles. The van der Waals surface area contributed by atoms with E-state index in [4.69, 9.17) is 4.98 Å². The molecule has 0 unspecified atom stereocenters. The van der Waals surface area contributed by atoms with Crippen LogP contribution in [0.1, 0.15) is 29.5 Å². The first-order valence-corrected chi connectivity index (χ1v) is 9.20. The van der Waals surface area contributed by atoms with E-state index in [1.54, 1.807) is 11.3 Å². The molecule has 128 valence electrons. The number of hydrogen-bond donors (Lipinski definition) is 0. The van der Waals surface area contributed by atoms with Crippen molar-refractivity contribution in [1.82, 2.24) is 24.6 Å². The van der Waals surface area contributed by atoms with Gasteiger partial charge in [-0.1, -0.05) is 30.3 Å². The van der Waals surface area contributed by atoms with Gasteiger partial charge in [0, 0.05) is 17.5 Å². The van der Waals surface area contributed by atoms with Gasteiger partial charge in [-0.05, 0) is 13.8 Å². The molecular formula is C18H19N5OS. The summed E-state index contributed by atoms with van der Waals surface area (Å²) in [5.41, 5.74) is 1.84. The number of aromatic nitrogens is 4. The van der Waals surface area contributed by atoms with Crippen molar-refractivity contribution in [1.29, 1.82) is 0 Å². The molecule has 0 fully saturated rings. The van der Waals surface area contributed by atoms with Gasteiger partial charge in [-0.2, -0.15) is 5.10 Å². The number of nitrogens with zero attached hydrogens (tertiary/aromatic N) is 5. The molecule has 1 aliphatic rings. The van der Waals surface area contributed by atoms with Crippen molar-refractivity contribution in [3.05, 3.63) is 52.2 Å². The summed E-state index contributed by atoms with van der Waals surface area (Å²) in [6.45, 7) is 5.28. The summed E-state index contributed by atoms with van der Waals surface area (Å²) in [6.07, 6.45) is 0.342. The molecule has 0 saturated heterocycles. The molecule has 4 rings (SSSR count). The first-order valence-electron chi connectivity index (χ1n) is 8.32. The van der Waals surface area contributed by atoms with Gasteiger partial charge in [-0.25, -0.2) is 14.6 Å². The third-order valence-electron chi connectivity index (χ3n) is 4.45. The van der Waals surface area contributed by atoms with Gasteiger partial charge < -0.3 is 4.90 Å². The van der Waals surface area contributed by atoms with Crippen LogP contribution in [0.4, 0.5) is 0 Å². The average molecular weight is 353 g/mol. The van der Waals surface area contributed by atoms with Crippen LogP contribution in [0.15, 0.2) is 35.7 Å². The van der Waals surface area contributed by atoms with Crippen LogP contribution >= 0.6 is 11.3 Å². The van der Waals surface area contributed by atoms with E-state index in [-0.39, 0.29) is 11.9 Å². The number of thiazole rings is 1. The lowest BCUT2D eigenvalue weighted by atomic mass is 10.2. The van der Waals surface area contributed by atoms with E-state index in [0.29, 0.717) is 25.3 Å². The van der Waals surface area contributed by atoms with Gasteiger partial charge in [-0.15, -0.1) is 11.3 Å². The Balaban J connectivity index is 1.55. The van der Waals surface area contributed by atoms with Crippen LogP contribution in [0.25, 0.3) is 11.4 Å². The van der Waals surface area contributed by atoms with Gasteiger partial charge in [0.05, 0.1) is 29.7 Å². The minimum atomic E-state index is -0.0917. The molecule has 3 heterocycles. The molecule has 25 heavy (non-hydrogen) atoms. The fourth-order valence-corrected chi connectivity index (χ4v) is 3.77. The molecule has 1 amide bonds. The minimum Gasteiger partial charge on any atom is -0.331 e. The molecular weight excluding hydrogens is 334 g/mol. The van der Waals surface area contributed by atoms with Crippen LogP contribution in [0, 0.1) is 6.92 Å². The van der Waals surface area contributed by atoms with E-state index in [1.165, 1.54) is 0 Å². The Morgan fingerprint density at radius 2 is 2.04 bits per heavy atom. The number of rotatable bonds is 3. The van der Waals surface area contributed by atoms with Crippen molar-refractivity contribution in [2.24, 2.45) is 0 Å². The maximum atomic E-state index is 12.7. The number of aryl methyl sites for hydroxylation is 1. The number of carbonyl (C=O) groups is 1. The highest BCUT2D eigenvalue weighted by atomic mass is 32.1. The lowest BCUT2D eigenvalue weighted by Gasteiger charge is -2.32. The molecule has 0 bridgehead atoms. The van der Waals surface area contributed by atoms with Gasteiger partial charge in [-0.3, -0.25) is 4.79 Å². The molecule has 1 aliphatic heterocycles. The highest BCUT2D eigenvalue weighted by Crippen LogP contribution is 2.26. The van der Waals surface area contributed by atoms with E-state index in [9.17, 15) is 4.79 Å². The average Bonchev–Trinajstić information content (AvgIpc) is 3.22. The second-order valence-electron chi connectivity index (χ2n) is 6.18. The maximum Gasteiger partial charge on any atom is 0.229 e. The van der Waals surface area contributed by atoms with E-state index in [0.717, 1.165) is 22.1 Å². The van der Waals surface area contributed by atoms with Crippen molar-refractivity contribution in [2.75, 3.05) is 6.54 Å². The Labute approximate surface area is 150 Å². The largest absolute Gasteiger partial charge is 0.331 e. The molecule has 0 aliphatic carbocycles. The Hall–Kier alpha value is -2.54. The van der Waals surface area contributed by atoms with Crippen molar-refractivity contribution >= 4 is 17.2 Å². The lowest BCUT2D eigenvalue weighted by Crippen LogP contribution is -2.42. The number of carbonyl (C=O) groups excluding carboxylic acids is 1. The fraction of sp³-hybridized carbons (Fsp3) is 0.333. The Morgan fingerprint density at radius 1 is 1.24 bits per heavy atom. The normalized spacial score (nSPS) is 16.7. The fourth-order valence-electron chi connectivity index (χ4n) is 3.16. The second kappa shape index (κ2) is 6.40. The molecule has 6 nitrogen and oxygen atoms in total. The zero-order chi connectivity index (χ0) is 17.4. The van der Waals surface area contributed by atoms with E-state index in [2.05, 4.69) is 10.1 Å². The van der Waals surface area contributed by atoms with Crippen molar-refractivity contribution in [3.63, 3.8) is 0 Å². The topological polar surface area (TPSA) is 63.9 Å². The highest BCUT2D eigenvalue weighted by molar-refractivity contribution is 7.09. The summed E-state index contributed by atoms with van der Waals surface area (Å²) in [5, 5.41) is 7.55. The monoisotopic (exact) mass is 353 g/mol. The summed E-state index contributed by atoms with van der Waals surface area (Å²) in [6, 6.07) is 9.84. The summed E-state index contributed by atoms with van der Waals surface area (Å²) in [5.74, 6) is 1.65. The van der Waals surface area contributed by atoms with E-state index >= 15 is 0 Å². The SMILES string of the molecule is Cc1nc(CC(=O)N2CCn3nc(-c4ccccc4)nc3[C@@H]2C)cs1. The molecule has 3 aromatic rings. The van der Waals surface area contributed by atoms with Crippen LogP contribution < -0.4 is 0 Å². The molecule has 0 spiro atoms. The molecule has 0 radical (unpaired) electrons. The van der Waals surface area contributed by atoms with Crippen LogP contribution in [0.5, 0.6) is 0 Å². The van der Waals surface area contributed by atoms with Crippen LogP contribution in [-0.2, 0) is 17.8 Å². The number of hydrogen-bond acceptors (Lipinski definition) is 5. The van der Waals surface area contributed by atoms with E-state index in [1.807, 2.05) is 59.1 Å². The van der Waals surface area contributed by atoms with Crippen molar-refractivity contribution in [2.45, 2.75) is 32.9 Å². The summed E-state index contributed by atoms with van der Waals surface area (Å²) < 4.78 is 1.92. The van der Waals surface area contributed by atoms with Gasteiger partial charge in [0.2, 0.25) is 5.91 Å². The van der Waals surface area contributed by atoms with Crippen LogP contribution in [0.2, 0.25) is 0 Å². The van der Waals surface area contributed by atoms with Crippen molar-refractivity contribution in [3.8, 4) is 11.4 Å². The Morgan fingerprint density at radius 3 is 2.76 bits per heavy atom. The van der Waals surface area contributed by atoms with Crippen LogP contribution in [0.3, 0.4) is 0 Å². The maximum absolute atomic E-state index is 12.7. The van der Waals surface area contributed by atoms with E-state index < -0.39 is 0 Å². The quantitative estimate of drug-likeness (QED) is 0.726. The highest BCUT2D eigenvalue weighted by Gasteiger charge is 2.30. The van der Waals surface area contributed by atoms with Crippen molar-refractivity contribution < 1.29 is 4.79 Å². The Bertz CT molecular complexity index is 901. The Kier molecular flexibility index (Phi) is 4.09. The summed E-state index contributed by atoms with van der Waals surface area (Å²) >= 11 is 1.58.